The Bertz CT molecular complexity index is 2650. The molecule has 1 unspecified atom stereocenters. The van der Waals surface area contributed by atoms with Crippen molar-refractivity contribution in [2.45, 2.75) is 70.0 Å². The first kappa shape index (κ1) is 44.5. The van der Waals surface area contributed by atoms with Crippen LogP contribution in [-0.2, 0) is 23.8 Å². The smallest absolute Gasteiger partial charge is 0.407 e. The minimum absolute atomic E-state index is 0.0909. The van der Waals surface area contributed by atoms with Gasteiger partial charge in [0.2, 0.25) is 5.91 Å². The molecule has 2 aliphatic heterocycles. The van der Waals surface area contributed by atoms with E-state index in [4.69, 9.17) is 19.2 Å². The quantitative estimate of drug-likeness (QED) is 0.0886. The molecule has 4 aromatic carbocycles. The van der Waals surface area contributed by atoms with E-state index in [2.05, 4.69) is 55.9 Å². The molecule has 4 heterocycles. The number of aromatic nitrogens is 4. The molecule has 2 saturated heterocycles. The molecule has 0 aliphatic carbocycles. The third kappa shape index (κ3) is 9.69. The van der Waals surface area contributed by atoms with Crippen molar-refractivity contribution in [1.29, 1.82) is 0 Å². The van der Waals surface area contributed by atoms with Gasteiger partial charge < -0.3 is 44.6 Å². The fourth-order valence-electron chi connectivity index (χ4n) is 8.75. The lowest BCUT2D eigenvalue weighted by molar-refractivity contribution is -0.160. The molecule has 4 amide bonds. The number of imidazole rings is 2. The van der Waals surface area contributed by atoms with Crippen LogP contribution in [-0.4, -0.2) is 99.8 Å². The van der Waals surface area contributed by atoms with E-state index < -0.39 is 48.9 Å². The Morgan fingerprint density at radius 1 is 0.708 bits per heavy atom. The topological polar surface area (TPSA) is 184 Å². The highest BCUT2D eigenvalue weighted by molar-refractivity contribution is 5.91. The zero-order valence-corrected chi connectivity index (χ0v) is 36.3. The highest BCUT2D eigenvalue weighted by atomic mass is 19.3. The molecule has 2 fully saturated rings. The number of alkyl carbamates (subject to hydrolysis) is 2. The number of carbonyl (C=O) groups is 4. The van der Waals surface area contributed by atoms with E-state index in [1.165, 1.54) is 19.1 Å². The maximum absolute atomic E-state index is 14.0. The van der Waals surface area contributed by atoms with Crippen molar-refractivity contribution >= 4 is 34.8 Å². The predicted octanol–water partition coefficient (Wildman–Crippen LogP) is 8.31. The minimum Gasteiger partial charge on any atom is -0.453 e. The van der Waals surface area contributed by atoms with Gasteiger partial charge in [-0.1, -0.05) is 92.7 Å². The second-order valence-corrected chi connectivity index (χ2v) is 16.5. The van der Waals surface area contributed by atoms with Gasteiger partial charge in [-0.3, -0.25) is 9.59 Å². The number of benzene rings is 4. The van der Waals surface area contributed by atoms with Crippen LogP contribution in [0.15, 0.2) is 103 Å². The number of aromatic amines is 2. The summed E-state index contributed by atoms with van der Waals surface area (Å²) in [4.78, 5) is 71.3. The van der Waals surface area contributed by atoms with Crippen LogP contribution in [0.4, 0.5) is 18.4 Å². The molecule has 0 radical (unpaired) electrons. The fourth-order valence-corrected chi connectivity index (χ4v) is 8.75. The summed E-state index contributed by atoms with van der Waals surface area (Å²) in [5.41, 5.74) is 5.93. The lowest BCUT2D eigenvalue weighted by Gasteiger charge is -2.29. The van der Waals surface area contributed by atoms with Crippen molar-refractivity contribution in [3.05, 3.63) is 121 Å². The summed E-state index contributed by atoms with van der Waals surface area (Å²) < 4.78 is 41.0. The normalized spacial score (nSPS) is 18.2. The average Bonchev–Trinajstić information content (AvgIpc) is 4.17. The number of nitrogens with one attached hydrogen (secondary N) is 4. The molecule has 2 aromatic heterocycles. The number of hydrogen-bond donors (Lipinski definition) is 4. The zero-order chi connectivity index (χ0) is 45.8. The Balaban J connectivity index is 0.958. The molecule has 4 N–H and O–H groups in total. The van der Waals surface area contributed by atoms with Gasteiger partial charge in [0, 0.05) is 25.1 Å². The summed E-state index contributed by atoms with van der Waals surface area (Å²) >= 11 is 0. The first-order chi connectivity index (χ1) is 31.4. The number of fused-ring (bicyclic) bond motifs is 1. The molecular weight excluding hydrogens is 839 g/mol. The second kappa shape index (κ2) is 19.3. The number of methoxy groups -OCH3 is 2. The van der Waals surface area contributed by atoms with E-state index >= 15 is 0 Å². The zero-order valence-electron chi connectivity index (χ0n) is 36.3. The predicted molar refractivity (Wildman–Crippen MR) is 237 cm³/mol. The molecule has 0 bridgehead atoms. The van der Waals surface area contributed by atoms with Crippen LogP contribution in [0.1, 0.15) is 68.4 Å². The maximum Gasteiger partial charge on any atom is 0.407 e. The number of H-pyrrole nitrogens is 2. The molecule has 5 atom stereocenters. The van der Waals surface area contributed by atoms with Crippen LogP contribution in [0.2, 0.25) is 0 Å². The summed E-state index contributed by atoms with van der Waals surface area (Å²) in [6.07, 6.45) is 2.65. The number of nitrogens with zero attached hydrogens (tertiary/aromatic N) is 4. The first-order valence-electron chi connectivity index (χ1n) is 21.4. The molecule has 8 rings (SSSR count). The van der Waals surface area contributed by atoms with Gasteiger partial charge in [0.05, 0.1) is 56.2 Å². The highest BCUT2D eigenvalue weighted by Gasteiger charge is 2.43. The average molecular weight is 889 g/mol. The lowest BCUT2D eigenvalue weighted by atomic mass is 9.98. The SMILES string of the molecule is COC(=O)N[C@H](C(=O)N1CCC[C@H]1c1ncc(-c2ccc3cc(-c4ccc(-c5cnc([C@@H]6CC(OC(F)F)CN6C(=O)[C@@H](NC(=O)OC)C(C)C)[nH]5)cc4)ccc3c2)[nH]1)c1ccccc1. The van der Waals surface area contributed by atoms with Gasteiger partial charge in [-0.25, -0.2) is 19.6 Å². The van der Waals surface area contributed by atoms with Gasteiger partial charge in [-0.05, 0) is 63.9 Å². The second-order valence-electron chi connectivity index (χ2n) is 16.5. The number of hydrogen-bond acceptors (Lipinski definition) is 9. The minimum atomic E-state index is -3.01. The van der Waals surface area contributed by atoms with Crippen molar-refractivity contribution in [3.8, 4) is 33.6 Å². The summed E-state index contributed by atoms with van der Waals surface area (Å²) in [7, 11) is 2.47. The summed E-state index contributed by atoms with van der Waals surface area (Å²) in [5, 5.41) is 7.34. The molecular formula is C48H50F2N8O7. The highest BCUT2D eigenvalue weighted by Crippen LogP contribution is 2.37. The lowest BCUT2D eigenvalue weighted by Crippen LogP contribution is -2.51. The summed E-state index contributed by atoms with van der Waals surface area (Å²) in [5.74, 6) is 0.0919. The number of halogens is 2. The molecule has 6 aromatic rings. The van der Waals surface area contributed by atoms with Crippen molar-refractivity contribution < 1.29 is 42.2 Å². The van der Waals surface area contributed by atoms with Crippen LogP contribution < -0.4 is 10.6 Å². The Morgan fingerprint density at radius 2 is 1.29 bits per heavy atom. The van der Waals surface area contributed by atoms with Crippen molar-refractivity contribution in [2.24, 2.45) is 5.92 Å². The van der Waals surface area contributed by atoms with Gasteiger partial charge in [-0.15, -0.1) is 0 Å². The van der Waals surface area contributed by atoms with Crippen molar-refractivity contribution in [1.82, 2.24) is 40.4 Å². The van der Waals surface area contributed by atoms with E-state index in [9.17, 15) is 28.0 Å². The van der Waals surface area contributed by atoms with E-state index in [0.717, 1.165) is 51.6 Å². The Kier molecular flexibility index (Phi) is 13.2. The number of likely N-dealkylation sites (tertiary alicyclic amines) is 2. The Labute approximate surface area is 373 Å². The number of amides is 4. The first-order valence-corrected chi connectivity index (χ1v) is 21.4. The maximum atomic E-state index is 14.0. The molecule has 338 valence electrons. The van der Waals surface area contributed by atoms with Gasteiger partial charge >= 0.3 is 18.8 Å². The third-order valence-electron chi connectivity index (χ3n) is 12.1. The standard InChI is InChI=1S/C48H50F2N8O7/c1-27(2)40(55-47(61)63-3)44(59)58-26-35(65-46(49)50)23-39(58)43-52-24-36(53-43)29-14-12-28(13-15-29)31-16-17-33-22-34(19-18-32(33)21-31)37-25-51-42(54-37)38-11-8-20-57(38)45(60)41(56-48(62)64-4)30-9-6-5-7-10-30/h5-7,9-10,12-19,21-22,24-25,27,35,38-41,46H,8,11,20,23,26H2,1-4H3,(H,51,54)(H,52,53)(H,55,61)(H,56,62)/t35?,38-,39-,40-,41-/m0/s1. The summed E-state index contributed by atoms with van der Waals surface area (Å²) in [6, 6.07) is 26.6. The van der Waals surface area contributed by atoms with Crippen LogP contribution in [0.25, 0.3) is 44.4 Å². The van der Waals surface area contributed by atoms with Gasteiger partial charge in [0.25, 0.3) is 5.91 Å². The summed E-state index contributed by atoms with van der Waals surface area (Å²) in [6.45, 7) is 0.962. The van der Waals surface area contributed by atoms with E-state index in [1.807, 2.05) is 48.5 Å². The van der Waals surface area contributed by atoms with Crippen LogP contribution in [0, 0.1) is 5.92 Å². The molecule has 0 saturated carbocycles. The number of ether oxygens (including phenoxy) is 3. The van der Waals surface area contributed by atoms with E-state index in [1.54, 1.807) is 43.3 Å². The van der Waals surface area contributed by atoms with Crippen LogP contribution in [0.5, 0.6) is 0 Å². The number of carbonyl (C=O) groups excluding carboxylic acids is 4. The molecule has 0 spiro atoms. The van der Waals surface area contributed by atoms with Gasteiger partial charge in [0.15, 0.2) is 0 Å². The van der Waals surface area contributed by atoms with Gasteiger partial charge in [0.1, 0.15) is 23.7 Å². The Hall–Kier alpha value is -7.14. The van der Waals surface area contributed by atoms with Crippen molar-refractivity contribution in [2.75, 3.05) is 27.3 Å². The monoisotopic (exact) mass is 888 g/mol. The van der Waals surface area contributed by atoms with Crippen LogP contribution in [0.3, 0.4) is 0 Å². The largest absolute Gasteiger partial charge is 0.453 e. The molecule has 15 nitrogen and oxygen atoms in total. The third-order valence-corrected chi connectivity index (χ3v) is 12.1. The molecule has 65 heavy (non-hydrogen) atoms. The van der Waals surface area contributed by atoms with Crippen LogP contribution >= 0.6 is 0 Å². The number of rotatable bonds is 13. The number of alkyl halides is 2. The fraction of sp³-hybridized carbons (Fsp3) is 0.333. The van der Waals surface area contributed by atoms with Crippen molar-refractivity contribution in [3.63, 3.8) is 0 Å². The van der Waals surface area contributed by atoms with Gasteiger partial charge in [-0.2, -0.15) is 8.78 Å². The molecule has 17 heteroatoms. The molecule has 2 aliphatic rings. The van der Waals surface area contributed by atoms with E-state index in [0.29, 0.717) is 29.5 Å². The Morgan fingerprint density at radius 3 is 1.94 bits per heavy atom. The van der Waals surface area contributed by atoms with E-state index in [-0.39, 0.29) is 30.8 Å².